The second kappa shape index (κ2) is 3.03. The zero-order chi connectivity index (χ0) is 10.4. The Morgan fingerprint density at radius 2 is 2.33 bits per heavy atom. The van der Waals surface area contributed by atoms with Gasteiger partial charge in [-0.25, -0.2) is 0 Å². The summed E-state index contributed by atoms with van der Waals surface area (Å²) in [5.41, 5.74) is 0.995. The summed E-state index contributed by atoms with van der Waals surface area (Å²) in [6.45, 7) is 0.715. The van der Waals surface area contributed by atoms with Gasteiger partial charge in [0.25, 0.3) is 0 Å². The summed E-state index contributed by atoms with van der Waals surface area (Å²) in [5.74, 6) is 1.73. The van der Waals surface area contributed by atoms with Crippen molar-refractivity contribution in [3.63, 3.8) is 0 Å². The van der Waals surface area contributed by atoms with Gasteiger partial charge in [0.15, 0.2) is 11.5 Å². The third-order valence-corrected chi connectivity index (χ3v) is 2.96. The first kappa shape index (κ1) is 8.85. The molecule has 1 aromatic rings. The Bertz CT molecular complexity index is 402. The lowest BCUT2D eigenvalue weighted by Crippen LogP contribution is -2.13. The molecular formula is C11H12O4. The van der Waals surface area contributed by atoms with E-state index < -0.39 is 0 Å². The highest BCUT2D eigenvalue weighted by molar-refractivity contribution is 5.55. The Morgan fingerprint density at radius 3 is 3.13 bits per heavy atom. The number of benzene rings is 1. The molecule has 0 amide bonds. The Kier molecular flexibility index (Phi) is 1.79. The maximum Gasteiger partial charge on any atom is 0.207 e. The molecule has 0 radical (unpaired) electrons. The standard InChI is InChI=1S/C11H12O4/c1-13-9-5-6(12)4-8-7-2-3-14-11(7)15-10(8)9/h4-5,7,11-12H,2-3H2,1H3/t7-,11+/m0/s1. The highest BCUT2D eigenvalue weighted by Crippen LogP contribution is 2.49. The summed E-state index contributed by atoms with van der Waals surface area (Å²) < 4.78 is 16.3. The summed E-state index contributed by atoms with van der Waals surface area (Å²) in [5, 5.41) is 9.55. The van der Waals surface area contributed by atoms with E-state index in [0.717, 1.165) is 12.0 Å². The van der Waals surface area contributed by atoms with Gasteiger partial charge in [-0.1, -0.05) is 0 Å². The van der Waals surface area contributed by atoms with Crippen molar-refractivity contribution in [3.8, 4) is 17.2 Å². The van der Waals surface area contributed by atoms with Crippen molar-refractivity contribution < 1.29 is 19.3 Å². The third kappa shape index (κ3) is 1.18. The number of rotatable bonds is 1. The maximum absolute atomic E-state index is 9.55. The molecule has 0 aliphatic carbocycles. The molecule has 4 heteroatoms. The van der Waals surface area contributed by atoms with Crippen LogP contribution in [0.3, 0.4) is 0 Å². The summed E-state index contributed by atoms with van der Waals surface area (Å²) >= 11 is 0. The Balaban J connectivity index is 2.12. The molecule has 0 spiro atoms. The van der Waals surface area contributed by atoms with Gasteiger partial charge in [0.2, 0.25) is 6.29 Å². The molecule has 0 saturated carbocycles. The largest absolute Gasteiger partial charge is 0.508 e. The average molecular weight is 208 g/mol. The highest BCUT2D eigenvalue weighted by Gasteiger charge is 2.41. The molecule has 4 nitrogen and oxygen atoms in total. The second-order valence-electron chi connectivity index (χ2n) is 3.82. The van der Waals surface area contributed by atoms with Crippen molar-refractivity contribution in [1.82, 2.24) is 0 Å². The molecule has 0 aromatic heterocycles. The molecule has 2 heterocycles. The van der Waals surface area contributed by atoms with Crippen molar-refractivity contribution in [2.24, 2.45) is 0 Å². The highest BCUT2D eigenvalue weighted by atomic mass is 16.7. The number of ether oxygens (including phenoxy) is 3. The molecule has 2 atom stereocenters. The van der Waals surface area contributed by atoms with E-state index in [2.05, 4.69) is 0 Å². The van der Waals surface area contributed by atoms with Gasteiger partial charge in [0.05, 0.1) is 19.6 Å². The molecule has 1 N–H and O–H groups in total. The minimum Gasteiger partial charge on any atom is -0.508 e. The summed E-state index contributed by atoms with van der Waals surface area (Å²) in [7, 11) is 1.56. The predicted octanol–water partition coefficient (Wildman–Crippen LogP) is 1.62. The summed E-state index contributed by atoms with van der Waals surface area (Å²) in [6, 6.07) is 3.29. The van der Waals surface area contributed by atoms with E-state index in [9.17, 15) is 5.11 Å². The number of hydrogen-bond acceptors (Lipinski definition) is 4. The maximum atomic E-state index is 9.55. The molecule has 15 heavy (non-hydrogen) atoms. The molecule has 80 valence electrons. The summed E-state index contributed by atoms with van der Waals surface area (Å²) in [4.78, 5) is 0. The molecular weight excluding hydrogens is 196 g/mol. The van der Waals surface area contributed by atoms with Gasteiger partial charge in [-0.3, -0.25) is 0 Å². The average Bonchev–Trinajstić information content (AvgIpc) is 2.77. The van der Waals surface area contributed by atoms with Crippen LogP contribution in [0, 0.1) is 0 Å². The van der Waals surface area contributed by atoms with Gasteiger partial charge in [-0.2, -0.15) is 0 Å². The predicted molar refractivity (Wildman–Crippen MR) is 52.4 cm³/mol. The molecule has 2 aliphatic rings. The molecule has 1 saturated heterocycles. The lowest BCUT2D eigenvalue weighted by atomic mass is 9.98. The summed E-state index contributed by atoms with van der Waals surface area (Å²) in [6.07, 6.45) is 0.736. The van der Waals surface area contributed by atoms with Crippen molar-refractivity contribution in [2.45, 2.75) is 18.6 Å². The first-order valence-electron chi connectivity index (χ1n) is 4.99. The van der Waals surface area contributed by atoms with Crippen LogP contribution < -0.4 is 9.47 Å². The van der Waals surface area contributed by atoms with Crippen LogP contribution in [0.4, 0.5) is 0 Å². The van der Waals surface area contributed by atoms with Gasteiger partial charge in [0.1, 0.15) is 5.75 Å². The molecule has 2 aliphatic heterocycles. The SMILES string of the molecule is COc1cc(O)cc2c1O[C@H]1OCC[C@@H]21. The Morgan fingerprint density at radius 1 is 1.47 bits per heavy atom. The van der Waals surface area contributed by atoms with E-state index in [1.54, 1.807) is 19.2 Å². The fourth-order valence-electron chi connectivity index (χ4n) is 2.26. The number of aromatic hydroxyl groups is 1. The molecule has 0 unspecified atom stereocenters. The van der Waals surface area contributed by atoms with Gasteiger partial charge in [0, 0.05) is 11.6 Å². The zero-order valence-corrected chi connectivity index (χ0v) is 8.40. The quantitative estimate of drug-likeness (QED) is 0.761. The second-order valence-corrected chi connectivity index (χ2v) is 3.82. The van der Waals surface area contributed by atoms with Crippen molar-refractivity contribution in [3.05, 3.63) is 17.7 Å². The van der Waals surface area contributed by atoms with E-state index in [1.165, 1.54) is 0 Å². The topological polar surface area (TPSA) is 47.9 Å². The fraction of sp³-hybridized carbons (Fsp3) is 0.455. The number of hydrogen-bond donors (Lipinski definition) is 1. The van der Waals surface area contributed by atoms with Crippen LogP contribution >= 0.6 is 0 Å². The molecule has 1 aromatic carbocycles. The molecule has 3 rings (SSSR count). The Labute approximate surface area is 87.4 Å². The molecule has 1 fully saturated rings. The van der Waals surface area contributed by atoms with Gasteiger partial charge in [-0.05, 0) is 12.5 Å². The number of fused-ring (bicyclic) bond motifs is 3. The van der Waals surface area contributed by atoms with Crippen LogP contribution in [0.2, 0.25) is 0 Å². The number of phenols is 1. The lowest BCUT2D eigenvalue weighted by molar-refractivity contribution is -0.0347. The van der Waals surface area contributed by atoms with Crippen molar-refractivity contribution in [2.75, 3.05) is 13.7 Å². The Hall–Kier alpha value is -1.42. The first-order chi connectivity index (χ1) is 7.29. The van der Waals surface area contributed by atoms with Crippen LogP contribution in [0.5, 0.6) is 17.2 Å². The normalized spacial score (nSPS) is 27.0. The first-order valence-corrected chi connectivity index (χ1v) is 4.99. The third-order valence-electron chi connectivity index (χ3n) is 2.96. The van der Waals surface area contributed by atoms with E-state index in [-0.39, 0.29) is 18.0 Å². The van der Waals surface area contributed by atoms with Crippen molar-refractivity contribution >= 4 is 0 Å². The van der Waals surface area contributed by atoms with E-state index in [1.807, 2.05) is 0 Å². The minimum atomic E-state index is -0.198. The van der Waals surface area contributed by atoms with Crippen LogP contribution in [0.1, 0.15) is 17.9 Å². The van der Waals surface area contributed by atoms with E-state index in [4.69, 9.17) is 14.2 Å². The van der Waals surface area contributed by atoms with Crippen LogP contribution in [0.25, 0.3) is 0 Å². The zero-order valence-electron chi connectivity index (χ0n) is 8.40. The van der Waals surface area contributed by atoms with Crippen LogP contribution in [0.15, 0.2) is 12.1 Å². The fourth-order valence-corrected chi connectivity index (χ4v) is 2.26. The van der Waals surface area contributed by atoms with E-state index in [0.29, 0.717) is 18.1 Å². The van der Waals surface area contributed by atoms with E-state index >= 15 is 0 Å². The van der Waals surface area contributed by atoms with Crippen LogP contribution in [-0.4, -0.2) is 25.1 Å². The van der Waals surface area contributed by atoms with Crippen LogP contribution in [-0.2, 0) is 4.74 Å². The number of methoxy groups -OCH3 is 1. The minimum absolute atomic E-state index is 0.198. The monoisotopic (exact) mass is 208 g/mol. The van der Waals surface area contributed by atoms with Gasteiger partial charge >= 0.3 is 0 Å². The lowest BCUT2D eigenvalue weighted by Gasteiger charge is -2.09. The van der Waals surface area contributed by atoms with Crippen molar-refractivity contribution in [1.29, 1.82) is 0 Å². The number of phenolic OH excluding ortho intramolecular Hbond substituents is 1. The molecule has 0 bridgehead atoms. The van der Waals surface area contributed by atoms with Gasteiger partial charge in [-0.15, -0.1) is 0 Å². The van der Waals surface area contributed by atoms with Gasteiger partial charge < -0.3 is 19.3 Å². The smallest absolute Gasteiger partial charge is 0.207 e.